The summed E-state index contributed by atoms with van der Waals surface area (Å²) in [5.74, 6) is 4.09. The molecule has 76 valence electrons. The fourth-order valence-electron chi connectivity index (χ4n) is 1.12. The Morgan fingerprint density at radius 3 is 2.86 bits per heavy atom. The van der Waals surface area contributed by atoms with Gasteiger partial charge in [0.2, 0.25) is 0 Å². The molecule has 0 saturated carbocycles. The van der Waals surface area contributed by atoms with Crippen molar-refractivity contribution >= 4 is 5.91 Å². The van der Waals surface area contributed by atoms with E-state index in [9.17, 15) is 9.18 Å². The molecule has 4 nitrogen and oxygen atoms in total. The molecular formula is C9H12FN3O. The summed E-state index contributed by atoms with van der Waals surface area (Å²) >= 11 is 0. The summed E-state index contributed by atoms with van der Waals surface area (Å²) in [6.07, 6.45) is 0.265. The van der Waals surface area contributed by atoms with Crippen molar-refractivity contribution in [3.05, 3.63) is 35.6 Å². The van der Waals surface area contributed by atoms with Crippen molar-refractivity contribution in [3.8, 4) is 0 Å². The van der Waals surface area contributed by atoms with Crippen LogP contribution < -0.4 is 17.0 Å². The fraction of sp³-hybridized carbons (Fsp3) is 0.222. The van der Waals surface area contributed by atoms with Crippen molar-refractivity contribution in [1.82, 2.24) is 5.43 Å². The van der Waals surface area contributed by atoms with Gasteiger partial charge in [0.15, 0.2) is 0 Å². The van der Waals surface area contributed by atoms with E-state index in [-0.39, 0.29) is 12.2 Å². The lowest BCUT2D eigenvalue weighted by Gasteiger charge is -2.09. The zero-order valence-electron chi connectivity index (χ0n) is 7.53. The van der Waals surface area contributed by atoms with Gasteiger partial charge >= 0.3 is 0 Å². The number of nitrogens with two attached hydrogens (primary N) is 2. The zero-order valence-corrected chi connectivity index (χ0v) is 7.53. The van der Waals surface area contributed by atoms with Crippen molar-refractivity contribution in [2.45, 2.75) is 12.5 Å². The number of hydrogen-bond donors (Lipinski definition) is 3. The fourth-order valence-corrected chi connectivity index (χ4v) is 1.12. The maximum absolute atomic E-state index is 12.7. The molecule has 0 heterocycles. The SMILES string of the molecule is NNC(=O)C(N)Cc1cccc(F)c1. The Bertz CT molecular complexity index is 330. The van der Waals surface area contributed by atoms with Crippen molar-refractivity contribution in [2.24, 2.45) is 11.6 Å². The third-order valence-corrected chi connectivity index (χ3v) is 1.82. The summed E-state index contributed by atoms with van der Waals surface area (Å²) in [6, 6.07) is 5.19. The highest BCUT2D eigenvalue weighted by Gasteiger charge is 2.12. The van der Waals surface area contributed by atoms with Gasteiger partial charge in [-0.05, 0) is 24.1 Å². The van der Waals surface area contributed by atoms with Crippen LogP contribution in [0, 0.1) is 5.82 Å². The summed E-state index contributed by atoms with van der Waals surface area (Å²) in [4.78, 5) is 10.9. The van der Waals surface area contributed by atoms with Crippen LogP contribution in [0.5, 0.6) is 0 Å². The third kappa shape index (κ3) is 2.79. The van der Waals surface area contributed by atoms with Gasteiger partial charge in [0, 0.05) is 0 Å². The van der Waals surface area contributed by atoms with Crippen LogP contribution in [0.1, 0.15) is 5.56 Å². The number of halogens is 1. The lowest BCUT2D eigenvalue weighted by Crippen LogP contribution is -2.45. The smallest absolute Gasteiger partial charge is 0.251 e. The minimum Gasteiger partial charge on any atom is -0.320 e. The van der Waals surface area contributed by atoms with Crippen LogP contribution in [-0.4, -0.2) is 11.9 Å². The van der Waals surface area contributed by atoms with E-state index in [0.29, 0.717) is 5.56 Å². The topological polar surface area (TPSA) is 81.1 Å². The van der Waals surface area contributed by atoms with Crippen LogP contribution in [0.2, 0.25) is 0 Å². The van der Waals surface area contributed by atoms with E-state index >= 15 is 0 Å². The lowest BCUT2D eigenvalue weighted by atomic mass is 10.1. The molecule has 0 aromatic heterocycles. The maximum Gasteiger partial charge on any atom is 0.251 e. The Kier molecular flexibility index (Phi) is 3.55. The molecule has 0 saturated heterocycles. The van der Waals surface area contributed by atoms with Crippen LogP contribution >= 0.6 is 0 Å². The van der Waals surface area contributed by atoms with E-state index in [1.54, 1.807) is 12.1 Å². The van der Waals surface area contributed by atoms with Gasteiger partial charge in [-0.15, -0.1) is 0 Å². The zero-order chi connectivity index (χ0) is 10.6. The molecule has 1 aromatic carbocycles. The standard InChI is InChI=1S/C9H12FN3O/c10-7-3-1-2-6(4-7)5-8(11)9(14)13-12/h1-4,8H,5,11-12H2,(H,13,14). The number of nitrogens with one attached hydrogen (secondary N) is 1. The molecule has 1 unspecified atom stereocenters. The predicted molar refractivity (Wildman–Crippen MR) is 50.4 cm³/mol. The first-order valence-electron chi connectivity index (χ1n) is 4.14. The van der Waals surface area contributed by atoms with Crippen LogP contribution in [-0.2, 0) is 11.2 Å². The highest BCUT2D eigenvalue weighted by Crippen LogP contribution is 2.05. The lowest BCUT2D eigenvalue weighted by molar-refractivity contribution is -0.122. The maximum atomic E-state index is 12.7. The highest BCUT2D eigenvalue weighted by atomic mass is 19.1. The van der Waals surface area contributed by atoms with Gasteiger partial charge in [0.25, 0.3) is 5.91 Å². The predicted octanol–water partition coefficient (Wildman–Crippen LogP) is -0.315. The van der Waals surface area contributed by atoms with E-state index in [1.165, 1.54) is 12.1 Å². The number of benzene rings is 1. The average molecular weight is 197 g/mol. The molecule has 0 bridgehead atoms. The molecule has 5 N–H and O–H groups in total. The van der Waals surface area contributed by atoms with Gasteiger partial charge in [-0.25, -0.2) is 10.2 Å². The Balaban J connectivity index is 2.64. The monoisotopic (exact) mass is 197 g/mol. The quantitative estimate of drug-likeness (QED) is 0.353. The van der Waals surface area contributed by atoms with Gasteiger partial charge in [0.05, 0.1) is 6.04 Å². The first-order valence-corrected chi connectivity index (χ1v) is 4.14. The molecule has 0 spiro atoms. The van der Waals surface area contributed by atoms with Crippen LogP contribution in [0.3, 0.4) is 0 Å². The molecule has 0 aliphatic carbocycles. The minimum atomic E-state index is -0.748. The normalized spacial score (nSPS) is 12.2. The second-order valence-electron chi connectivity index (χ2n) is 2.95. The van der Waals surface area contributed by atoms with Crippen molar-refractivity contribution < 1.29 is 9.18 Å². The van der Waals surface area contributed by atoms with Gasteiger partial charge in [0.1, 0.15) is 5.82 Å². The highest BCUT2D eigenvalue weighted by molar-refractivity contribution is 5.81. The van der Waals surface area contributed by atoms with Crippen LogP contribution in [0.4, 0.5) is 4.39 Å². The number of hydrazine groups is 1. The summed E-state index contributed by atoms with van der Waals surface area (Å²) in [6.45, 7) is 0. The first-order chi connectivity index (χ1) is 6.63. The van der Waals surface area contributed by atoms with E-state index < -0.39 is 11.9 Å². The van der Waals surface area contributed by atoms with E-state index in [2.05, 4.69) is 0 Å². The molecule has 0 aliphatic heterocycles. The molecule has 0 fully saturated rings. The third-order valence-electron chi connectivity index (χ3n) is 1.82. The van der Waals surface area contributed by atoms with Gasteiger partial charge in [-0.2, -0.15) is 0 Å². The molecular weight excluding hydrogens is 185 g/mol. The number of carbonyl (C=O) groups excluding carboxylic acids is 1. The second kappa shape index (κ2) is 4.69. The molecule has 14 heavy (non-hydrogen) atoms. The van der Waals surface area contributed by atoms with Crippen LogP contribution in [0.15, 0.2) is 24.3 Å². The molecule has 0 aliphatic rings. The summed E-state index contributed by atoms with van der Waals surface area (Å²) in [5, 5.41) is 0. The van der Waals surface area contributed by atoms with Crippen molar-refractivity contribution in [3.63, 3.8) is 0 Å². The minimum absolute atomic E-state index is 0.265. The number of hydrogen-bond acceptors (Lipinski definition) is 3. The molecule has 5 heteroatoms. The number of carbonyl (C=O) groups is 1. The van der Waals surface area contributed by atoms with Gasteiger partial charge in [-0.3, -0.25) is 10.2 Å². The molecule has 1 amide bonds. The number of amides is 1. The largest absolute Gasteiger partial charge is 0.320 e. The average Bonchev–Trinajstić information content (AvgIpc) is 2.16. The van der Waals surface area contributed by atoms with Crippen molar-refractivity contribution in [1.29, 1.82) is 0 Å². The van der Waals surface area contributed by atoms with Crippen LogP contribution in [0.25, 0.3) is 0 Å². The Hall–Kier alpha value is -1.46. The van der Waals surface area contributed by atoms with Crippen molar-refractivity contribution in [2.75, 3.05) is 0 Å². The Labute approximate surface area is 81.1 Å². The van der Waals surface area contributed by atoms with Gasteiger partial charge in [-0.1, -0.05) is 12.1 Å². The first kappa shape index (κ1) is 10.6. The molecule has 1 aromatic rings. The Morgan fingerprint density at radius 2 is 2.29 bits per heavy atom. The summed E-state index contributed by atoms with van der Waals surface area (Å²) in [5.41, 5.74) is 8.10. The number of rotatable bonds is 3. The second-order valence-corrected chi connectivity index (χ2v) is 2.95. The molecule has 0 radical (unpaired) electrons. The summed E-state index contributed by atoms with van der Waals surface area (Å²) in [7, 11) is 0. The molecule has 1 rings (SSSR count). The van der Waals surface area contributed by atoms with Gasteiger partial charge < -0.3 is 5.73 Å². The van der Waals surface area contributed by atoms with E-state index in [1.807, 2.05) is 5.43 Å². The van der Waals surface area contributed by atoms with E-state index in [0.717, 1.165) is 0 Å². The van der Waals surface area contributed by atoms with E-state index in [4.69, 9.17) is 11.6 Å². The molecule has 1 atom stereocenters. The summed E-state index contributed by atoms with van der Waals surface area (Å²) < 4.78 is 12.7. The Morgan fingerprint density at radius 1 is 1.57 bits per heavy atom.